The van der Waals surface area contributed by atoms with Gasteiger partial charge in [-0.25, -0.2) is 0 Å². The van der Waals surface area contributed by atoms with Gasteiger partial charge in [0.05, 0.1) is 31.3 Å². The van der Waals surface area contributed by atoms with Gasteiger partial charge in [-0.05, 0) is 42.7 Å². The predicted molar refractivity (Wildman–Crippen MR) is 133 cm³/mol. The summed E-state index contributed by atoms with van der Waals surface area (Å²) in [4.78, 5) is 37.2. The Labute approximate surface area is 208 Å². The number of nitrogens with zero attached hydrogens (tertiary/aromatic N) is 5. The molecule has 0 unspecified atom stereocenters. The third-order valence-corrected chi connectivity index (χ3v) is 6.74. The number of carbonyl (C=O) groups is 2. The van der Waals surface area contributed by atoms with Crippen molar-refractivity contribution < 1.29 is 14.3 Å². The molecule has 0 radical (unpaired) electrons. The zero-order valence-electron chi connectivity index (χ0n) is 20.0. The van der Waals surface area contributed by atoms with Crippen LogP contribution < -0.4 is 10.1 Å². The van der Waals surface area contributed by atoms with E-state index in [0.29, 0.717) is 48.3 Å². The van der Waals surface area contributed by atoms with Gasteiger partial charge in [0.15, 0.2) is 5.69 Å². The van der Waals surface area contributed by atoms with Crippen molar-refractivity contribution in [2.45, 2.75) is 38.4 Å². The monoisotopic (exact) mass is 482 g/mol. The molecule has 6 rings (SSSR count). The van der Waals surface area contributed by atoms with Crippen LogP contribution in [0.5, 0.6) is 5.75 Å². The maximum atomic E-state index is 13.6. The van der Waals surface area contributed by atoms with E-state index in [1.165, 1.54) is 0 Å². The lowest BCUT2D eigenvalue weighted by atomic mass is 10.0. The molecular weight excluding hydrogens is 456 g/mol. The Hall–Kier alpha value is -4.27. The molecule has 1 saturated carbocycles. The normalized spacial score (nSPS) is 15.0. The molecule has 9 nitrogen and oxygen atoms in total. The summed E-state index contributed by atoms with van der Waals surface area (Å²) < 4.78 is 7.26. The molecule has 1 fully saturated rings. The number of para-hydroxylation sites is 1. The van der Waals surface area contributed by atoms with E-state index in [9.17, 15) is 9.59 Å². The third kappa shape index (κ3) is 4.17. The van der Waals surface area contributed by atoms with Crippen LogP contribution >= 0.6 is 0 Å². The molecule has 4 aromatic rings. The highest BCUT2D eigenvalue weighted by molar-refractivity contribution is 6.04. The number of hydrogen-bond donors (Lipinski definition) is 1. The summed E-state index contributed by atoms with van der Waals surface area (Å²) in [6, 6.07) is 13.5. The minimum absolute atomic E-state index is 0.124. The summed E-state index contributed by atoms with van der Waals surface area (Å²) in [5, 5.41) is 7.80. The van der Waals surface area contributed by atoms with Crippen LogP contribution in [0.2, 0.25) is 0 Å². The lowest BCUT2D eigenvalue weighted by Crippen LogP contribution is -2.37. The van der Waals surface area contributed by atoms with Crippen molar-refractivity contribution in [2.24, 2.45) is 0 Å². The summed E-state index contributed by atoms with van der Waals surface area (Å²) in [6.45, 7) is 1.36. The van der Waals surface area contributed by atoms with Crippen LogP contribution in [0.4, 0.5) is 0 Å². The highest BCUT2D eigenvalue weighted by atomic mass is 16.5. The second-order valence-corrected chi connectivity index (χ2v) is 9.24. The SMILES string of the molecule is COc1cccc(Cn2nc(C(=O)NC3CC3)c3c2CCN(C(=O)c2cccc4nccnc24)C3)c1. The molecule has 2 aliphatic rings. The number of amides is 2. The van der Waals surface area contributed by atoms with Crippen molar-refractivity contribution in [3.63, 3.8) is 0 Å². The number of methoxy groups -OCH3 is 1. The molecule has 9 heteroatoms. The highest BCUT2D eigenvalue weighted by Gasteiger charge is 2.33. The van der Waals surface area contributed by atoms with Crippen LogP contribution in [0.3, 0.4) is 0 Å². The van der Waals surface area contributed by atoms with E-state index in [1.54, 1.807) is 30.5 Å². The summed E-state index contributed by atoms with van der Waals surface area (Å²) in [5.41, 5.74) is 4.99. The molecule has 0 atom stereocenters. The first-order valence-corrected chi connectivity index (χ1v) is 12.1. The molecule has 2 amide bonds. The van der Waals surface area contributed by atoms with Crippen molar-refractivity contribution >= 4 is 22.8 Å². The Balaban J connectivity index is 1.33. The quantitative estimate of drug-likeness (QED) is 0.453. The van der Waals surface area contributed by atoms with Gasteiger partial charge in [0.1, 0.15) is 11.3 Å². The van der Waals surface area contributed by atoms with Crippen LogP contribution in [0, 0.1) is 0 Å². The zero-order valence-corrected chi connectivity index (χ0v) is 20.0. The number of hydrogen-bond acceptors (Lipinski definition) is 6. The summed E-state index contributed by atoms with van der Waals surface area (Å²) in [6.07, 6.45) is 5.79. The lowest BCUT2D eigenvalue weighted by molar-refractivity contribution is 0.0732. The van der Waals surface area contributed by atoms with Crippen molar-refractivity contribution in [1.82, 2.24) is 30.0 Å². The molecule has 1 aliphatic carbocycles. The molecular formula is C27H26N6O3. The lowest BCUT2D eigenvalue weighted by Gasteiger charge is -2.28. The Bertz CT molecular complexity index is 1470. The van der Waals surface area contributed by atoms with E-state index in [2.05, 4.69) is 15.3 Å². The number of carbonyl (C=O) groups excluding carboxylic acids is 2. The van der Waals surface area contributed by atoms with Gasteiger partial charge in [-0.3, -0.25) is 24.2 Å². The van der Waals surface area contributed by atoms with Gasteiger partial charge >= 0.3 is 0 Å². The Morgan fingerprint density at radius 2 is 1.94 bits per heavy atom. The molecule has 3 heterocycles. The number of aromatic nitrogens is 4. The van der Waals surface area contributed by atoms with Gasteiger partial charge in [0.2, 0.25) is 0 Å². The predicted octanol–water partition coefficient (Wildman–Crippen LogP) is 2.97. The van der Waals surface area contributed by atoms with Crippen molar-refractivity contribution in [3.8, 4) is 5.75 Å². The van der Waals surface area contributed by atoms with Crippen LogP contribution in [0.1, 0.15) is 50.5 Å². The first-order chi connectivity index (χ1) is 17.6. The Morgan fingerprint density at radius 3 is 2.78 bits per heavy atom. The number of rotatable bonds is 6. The topological polar surface area (TPSA) is 102 Å². The number of fused-ring (bicyclic) bond motifs is 2. The second-order valence-electron chi connectivity index (χ2n) is 9.24. The largest absolute Gasteiger partial charge is 0.497 e. The summed E-state index contributed by atoms with van der Waals surface area (Å²) >= 11 is 0. The van der Waals surface area contributed by atoms with Crippen molar-refractivity contribution in [2.75, 3.05) is 13.7 Å². The summed E-state index contributed by atoms with van der Waals surface area (Å²) in [7, 11) is 1.64. The molecule has 1 N–H and O–H groups in total. The summed E-state index contributed by atoms with van der Waals surface area (Å²) in [5.74, 6) is 0.472. The molecule has 0 spiro atoms. The van der Waals surface area contributed by atoms with E-state index < -0.39 is 0 Å². The minimum Gasteiger partial charge on any atom is -0.497 e. The van der Waals surface area contributed by atoms with Crippen molar-refractivity contribution in [3.05, 3.63) is 82.9 Å². The molecule has 2 aromatic carbocycles. The van der Waals surface area contributed by atoms with E-state index in [4.69, 9.17) is 9.84 Å². The average Bonchev–Trinajstić information content (AvgIpc) is 3.67. The first-order valence-electron chi connectivity index (χ1n) is 12.1. The Kier molecular flexibility index (Phi) is 5.59. The number of ether oxygens (including phenoxy) is 1. The molecule has 36 heavy (non-hydrogen) atoms. The van der Waals surface area contributed by atoms with E-state index >= 15 is 0 Å². The fraction of sp³-hybridized carbons (Fsp3) is 0.296. The number of nitrogens with one attached hydrogen (secondary N) is 1. The van der Waals surface area contributed by atoms with Gasteiger partial charge in [-0.15, -0.1) is 0 Å². The fourth-order valence-electron chi connectivity index (χ4n) is 4.74. The second kappa shape index (κ2) is 9.07. The number of benzene rings is 2. The molecule has 1 aliphatic heterocycles. The third-order valence-electron chi connectivity index (χ3n) is 6.74. The standard InChI is InChI=1S/C27H26N6O3/c1-36-19-5-2-4-17(14-19)15-33-23-10-13-32(16-21(23)25(31-33)26(34)30-18-8-9-18)27(35)20-6-3-7-22-24(20)29-12-11-28-22/h2-7,11-12,14,18H,8-10,13,15-16H2,1H3,(H,30,34). The Morgan fingerprint density at radius 1 is 1.11 bits per heavy atom. The fourth-order valence-corrected chi connectivity index (χ4v) is 4.74. The van der Waals surface area contributed by atoms with Crippen molar-refractivity contribution in [1.29, 1.82) is 0 Å². The highest BCUT2D eigenvalue weighted by Crippen LogP contribution is 2.28. The zero-order chi connectivity index (χ0) is 24.6. The molecule has 0 bridgehead atoms. The maximum absolute atomic E-state index is 13.6. The van der Waals surface area contributed by atoms with Gasteiger partial charge < -0.3 is 15.0 Å². The van der Waals surface area contributed by atoms with Crippen LogP contribution in [-0.4, -0.2) is 56.2 Å². The van der Waals surface area contributed by atoms with Crippen LogP contribution in [0.15, 0.2) is 54.9 Å². The van der Waals surface area contributed by atoms with Gasteiger partial charge in [-0.2, -0.15) is 5.10 Å². The average molecular weight is 483 g/mol. The van der Waals surface area contributed by atoms with E-state index in [0.717, 1.165) is 35.4 Å². The molecule has 182 valence electrons. The van der Waals surface area contributed by atoms with E-state index in [-0.39, 0.29) is 17.9 Å². The molecule has 2 aromatic heterocycles. The van der Waals surface area contributed by atoms with Crippen LogP contribution in [0.25, 0.3) is 11.0 Å². The van der Waals surface area contributed by atoms with Crippen LogP contribution in [-0.2, 0) is 19.5 Å². The van der Waals surface area contributed by atoms with Gasteiger partial charge in [0, 0.05) is 42.7 Å². The first kappa shape index (κ1) is 22.2. The smallest absolute Gasteiger partial charge is 0.272 e. The van der Waals surface area contributed by atoms with Gasteiger partial charge in [-0.1, -0.05) is 18.2 Å². The van der Waals surface area contributed by atoms with E-state index in [1.807, 2.05) is 41.1 Å². The maximum Gasteiger partial charge on any atom is 0.272 e. The molecule has 0 saturated heterocycles. The minimum atomic E-state index is -0.177. The van der Waals surface area contributed by atoms with Gasteiger partial charge in [0.25, 0.3) is 11.8 Å².